The molecular formula is C44H52Br2IrNO2S-. The van der Waals surface area contributed by atoms with E-state index >= 15 is 0 Å². The van der Waals surface area contributed by atoms with Crippen molar-refractivity contribution in [1.82, 2.24) is 4.98 Å². The first kappa shape index (κ1) is 42.0. The van der Waals surface area contributed by atoms with Gasteiger partial charge in [-0.25, -0.2) is 11.3 Å². The van der Waals surface area contributed by atoms with Crippen LogP contribution in [0.25, 0.3) is 31.8 Å². The van der Waals surface area contributed by atoms with Gasteiger partial charge in [0.15, 0.2) is 0 Å². The zero-order valence-electron chi connectivity index (χ0n) is 30.0. The first-order valence-corrected chi connectivity index (χ1v) is 21.0. The predicted molar refractivity (Wildman–Crippen MR) is 220 cm³/mol. The normalized spacial score (nSPS) is 13.8. The van der Waals surface area contributed by atoms with E-state index in [1.165, 1.54) is 112 Å². The van der Waals surface area contributed by atoms with Crippen molar-refractivity contribution in [3.63, 3.8) is 0 Å². The molecule has 7 heteroatoms. The summed E-state index contributed by atoms with van der Waals surface area (Å²) in [6.45, 7) is 4.04. The average molecular weight is 1010 g/mol. The number of rotatable bonds is 17. The maximum atomic E-state index is 9.95. The van der Waals surface area contributed by atoms with Crippen LogP contribution >= 0.6 is 43.2 Å². The molecule has 0 saturated carbocycles. The van der Waals surface area contributed by atoms with E-state index in [1.807, 2.05) is 30.5 Å². The first-order valence-electron chi connectivity index (χ1n) is 18.6. The van der Waals surface area contributed by atoms with E-state index in [1.54, 1.807) is 18.3 Å². The molecule has 3 nitrogen and oxygen atoms in total. The molecule has 2 N–H and O–H groups in total. The van der Waals surface area contributed by atoms with E-state index in [0.717, 1.165) is 23.4 Å². The van der Waals surface area contributed by atoms with Gasteiger partial charge in [0.1, 0.15) is 0 Å². The Morgan fingerprint density at radius 1 is 0.745 bits per heavy atom. The zero-order valence-corrected chi connectivity index (χ0v) is 36.4. The molecular weight excluding hydrogens is 959 g/mol. The summed E-state index contributed by atoms with van der Waals surface area (Å²) < 4.78 is 3.62. The molecule has 5 aromatic rings. The number of nitrogens with zero attached hydrogens (tertiary/aromatic N) is 1. The molecule has 1 aliphatic rings. The van der Waals surface area contributed by atoms with Crippen LogP contribution in [-0.4, -0.2) is 27.4 Å². The van der Waals surface area contributed by atoms with Gasteiger partial charge in [0.2, 0.25) is 0 Å². The number of pyridine rings is 1. The molecule has 0 aliphatic heterocycles. The van der Waals surface area contributed by atoms with Crippen molar-refractivity contribution in [3.05, 3.63) is 111 Å². The maximum absolute atomic E-state index is 9.95. The van der Waals surface area contributed by atoms with Crippen LogP contribution in [-0.2, 0) is 25.5 Å². The van der Waals surface area contributed by atoms with Gasteiger partial charge in [0.25, 0.3) is 0 Å². The van der Waals surface area contributed by atoms with Crippen molar-refractivity contribution in [1.29, 1.82) is 0 Å². The Balaban J connectivity index is 0.000000301. The Hall–Kier alpha value is -1.70. The van der Waals surface area contributed by atoms with Crippen molar-refractivity contribution in [2.24, 2.45) is 0 Å². The Kier molecular flexibility index (Phi) is 17.5. The Morgan fingerprint density at radius 2 is 1.33 bits per heavy atom. The maximum Gasteiger partial charge on any atom is 0.0564 e. The van der Waals surface area contributed by atoms with Crippen molar-refractivity contribution < 1.29 is 30.3 Å². The third kappa shape index (κ3) is 11.6. The average Bonchev–Trinajstić information content (AvgIpc) is 3.66. The van der Waals surface area contributed by atoms with E-state index in [2.05, 4.69) is 104 Å². The number of halogens is 2. The molecule has 6 rings (SSSR count). The Labute approximate surface area is 340 Å². The van der Waals surface area contributed by atoms with Crippen LogP contribution in [0.15, 0.2) is 94.0 Å². The molecule has 51 heavy (non-hydrogen) atoms. The number of unbranched alkanes of at least 4 members (excludes halogenated alkanes) is 8. The topological polar surface area (TPSA) is 53.4 Å². The molecule has 0 fully saturated rings. The van der Waals surface area contributed by atoms with Gasteiger partial charge in [-0.1, -0.05) is 139 Å². The minimum Gasteiger partial charge on any atom is -0.393 e. The number of thiophene rings is 1. The van der Waals surface area contributed by atoms with Crippen LogP contribution < -0.4 is 0 Å². The van der Waals surface area contributed by atoms with Crippen LogP contribution in [0.2, 0.25) is 0 Å². The van der Waals surface area contributed by atoms with E-state index in [0.29, 0.717) is 6.42 Å². The summed E-state index contributed by atoms with van der Waals surface area (Å²) in [6, 6.07) is 31.4. The van der Waals surface area contributed by atoms with Crippen LogP contribution in [0.4, 0.5) is 0 Å². The molecule has 2 heterocycles. The minimum atomic E-state index is -0.411. The van der Waals surface area contributed by atoms with Gasteiger partial charge in [0, 0.05) is 46.4 Å². The molecule has 0 amide bonds. The summed E-state index contributed by atoms with van der Waals surface area (Å²) in [6.07, 6.45) is 17.2. The fourth-order valence-electron chi connectivity index (χ4n) is 7.51. The summed E-state index contributed by atoms with van der Waals surface area (Å²) >= 11 is 9.27. The van der Waals surface area contributed by atoms with Crippen LogP contribution in [0.1, 0.15) is 115 Å². The van der Waals surface area contributed by atoms with Gasteiger partial charge in [-0.2, -0.15) is 0 Å². The van der Waals surface area contributed by atoms with Crippen LogP contribution in [0, 0.1) is 6.07 Å². The summed E-state index contributed by atoms with van der Waals surface area (Å²) in [7, 11) is 0. The summed E-state index contributed by atoms with van der Waals surface area (Å²) in [5.41, 5.74) is 6.98. The second kappa shape index (κ2) is 21.3. The van der Waals surface area contributed by atoms with Crippen molar-refractivity contribution >= 4 is 53.3 Å². The minimum absolute atomic E-state index is 0. The molecule has 1 aliphatic carbocycles. The van der Waals surface area contributed by atoms with Gasteiger partial charge in [-0.15, -0.1) is 23.6 Å². The summed E-state index contributed by atoms with van der Waals surface area (Å²) in [4.78, 5) is 5.43. The number of aliphatic hydroxyl groups excluding tert-OH is 2. The van der Waals surface area contributed by atoms with Gasteiger partial charge in [0.05, 0.1) is 12.2 Å². The third-order valence-electron chi connectivity index (χ3n) is 9.99. The molecule has 2 unspecified atom stereocenters. The number of hydrogen-bond donors (Lipinski definition) is 2. The second-order valence-electron chi connectivity index (χ2n) is 13.9. The van der Waals surface area contributed by atoms with E-state index in [4.69, 9.17) is 0 Å². The molecule has 0 saturated heterocycles. The Bertz CT molecular complexity index is 1690. The van der Waals surface area contributed by atoms with E-state index in [-0.39, 0.29) is 31.6 Å². The largest absolute Gasteiger partial charge is 0.393 e. The molecule has 2 aromatic heterocycles. The smallest absolute Gasteiger partial charge is 0.0564 e. The zero-order chi connectivity index (χ0) is 35.3. The fraction of sp³-hybridized carbons (Fsp3) is 0.432. The number of aromatic nitrogens is 1. The van der Waals surface area contributed by atoms with Crippen molar-refractivity contribution in [3.8, 4) is 21.7 Å². The number of hydrogen-bond acceptors (Lipinski definition) is 4. The third-order valence-corrected chi connectivity index (χ3v) is 12.1. The van der Waals surface area contributed by atoms with E-state index in [9.17, 15) is 10.2 Å². The molecule has 1 radical (unpaired) electrons. The fourth-order valence-corrected chi connectivity index (χ4v) is 9.22. The number of benzene rings is 3. The first-order chi connectivity index (χ1) is 24.3. The molecule has 0 spiro atoms. The summed E-state index contributed by atoms with van der Waals surface area (Å²) in [5.74, 6) is 0. The second-order valence-corrected chi connectivity index (χ2v) is 16.8. The van der Waals surface area contributed by atoms with Crippen LogP contribution in [0.3, 0.4) is 0 Å². The SMILES string of the molecule is CCCCCCC1(CCCCCCCCC(O)CC(C)O)c2cc(Br)ccc2-c2ccc(Br)cc21.[Ir].[c-]1c(-c2ccccn2)sc2ccccc12. The van der Waals surface area contributed by atoms with Gasteiger partial charge >= 0.3 is 0 Å². The van der Waals surface area contributed by atoms with Gasteiger partial charge < -0.3 is 15.2 Å². The quantitative estimate of drug-likeness (QED) is 0.0721. The molecule has 2 atom stereocenters. The number of aliphatic hydroxyl groups is 2. The number of fused-ring (bicyclic) bond motifs is 4. The van der Waals surface area contributed by atoms with Crippen molar-refractivity contribution in [2.75, 3.05) is 0 Å². The summed E-state index contributed by atoms with van der Waals surface area (Å²) in [5, 5.41) is 20.5. The molecule has 0 bridgehead atoms. The van der Waals surface area contributed by atoms with Gasteiger partial charge in [-0.05, 0) is 94.8 Å². The predicted octanol–water partition coefficient (Wildman–Crippen LogP) is 13.5. The molecule has 3 aromatic carbocycles. The van der Waals surface area contributed by atoms with E-state index < -0.39 is 6.10 Å². The molecule has 275 valence electrons. The monoisotopic (exact) mass is 1010 g/mol. The standard InChI is InChI=1S/C31H44Br2O2.C13H8NS.Ir/c1-3-4-5-11-18-31(19-12-9-7-6-8-10-13-26(35)20-23(2)34)29-21-24(32)14-16-27(29)28-17-15-25(33)22-30(28)31;1-2-7-12-10(5-1)9-13(15-12)11-6-3-4-8-14-11;/h14-17,21-23,26,34-35H,3-13,18-20H2,1-2H3;1-8H;/q;-1;. The van der Waals surface area contributed by atoms with Crippen LogP contribution in [0.5, 0.6) is 0 Å². The van der Waals surface area contributed by atoms with Gasteiger partial charge in [-0.3, -0.25) is 0 Å². The van der Waals surface area contributed by atoms with Crippen molar-refractivity contribution in [2.45, 2.75) is 121 Å². The Morgan fingerprint density at radius 3 is 1.92 bits per heavy atom.